The van der Waals surface area contributed by atoms with Gasteiger partial charge in [0, 0.05) is 10.1 Å². The van der Waals surface area contributed by atoms with Crippen molar-refractivity contribution in [3.8, 4) is 0 Å². The van der Waals surface area contributed by atoms with E-state index in [1.54, 1.807) is 6.08 Å². The maximum Gasteiger partial charge on any atom is 0.213 e. The Balaban J connectivity index is 2.20. The standard InChI is InChI=1S/C21H25BClFS/c1-16(2)25-20-13-11-19(12-14-20)22(18-8-5-4-6-9-18)15-7-10-21(23)17(3)24/h4-14,16-17,21H,15H2,1-3H3. The molecule has 0 aliphatic rings. The van der Waals surface area contributed by atoms with E-state index in [-0.39, 0.29) is 6.71 Å². The molecule has 0 saturated carbocycles. The second kappa shape index (κ2) is 10.1. The molecule has 0 spiro atoms. The van der Waals surface area contributed by atoms with Crippen LogP contribution in [0.5, 0.6) is 0 Å². The third-order valence-corrected chi connectivity index (χ3v) is 5.50. The van der Waals surface area contributed by atoms with Gasteiger partial charge in [-0.1, -0.05) is 79.4 Å². The molecule has 2 aromatic rings. The van der Waals surface area contributed by atoms with Gasteiger partial charge >= 0.3 is 0 Å². The van der Waals surface area contributed by atoms with Crippen molar-refractivity contribution in [3.05, 3.63) is 66.7 Å². The van der Waals surface area contributed by atoms with E-state index < -0.39 is 11.5 Å². The molecule has 0 heterocycles. The molecule has 4 heteroatoms. The Kier molecular flexibility index (Phi) is 8.12. The van der Waals surface area contributed by atoms with Crippen molar-refractivity contribution < 1.29 is 4.39 Å². The molecule has 0 radical (unpaired) electrons. The van der Waals surface area contributed by atoms with Gasteiger partial charge in [0.2, 0.25) is 6.71 Å². The highest BCUT2D eigenvalue weighted by Crippen LogP contribution is 2.21. The Labute approximate surface area is 160 Å². The monoisotopic (exact) mass is 374 g/mol. The molecule has 0 aliphatic heterocycles. The van der Waals surface area contributed by atoms with Crippen molar-refractivity contribution in [2.75, 3.05) is 0 Å². The maximum atomic E-state index is 13.2. The largest absolute Gasteiger partial charge is 0.246 e. The molecule has 0 saturated heterocycles. The van der Waals surface area contributed by atoms with Crippen molar-refractivity contribution in [1.82, 2.24) is 0 Å². The number of allylic oxidation sites excluding steroid dienone is 2. The first kappa shape index (κ1) is 20.1. The van der Waals surface area contributed by atoms with Crippen molar-refractivity contribution in [1.29, 1.82) is 0 Å². The Bertz CT molecular complexity index is 655. The number of benzene rings is 2. The zero-order chi connectivity index (χ0) is 18.2. The molecule has 2 atom stereocenters. The fraction of sp³-hybridized carbons (Fsp3) is 0.333. The summed E-state index contributed by atoms with van der Waals surface area (Å²) in [5.74, 6) is 0. The Morgan fingerprint density at radius 1 is 1.00 bits per heavy atom. The summed E-state index contributed by atoms with van der Waals surface area (Å²) in [6.07, 6.45) is 3.53. The highest BCUT2D eigenvalue weighted by atomic mass is 35.5. The lowest BCUT2D eigenvalue weighted by atomic mass is 9.39. The van der Waals surface area contributed by atoms with Crippen LogP contribution in [0.15, 0.2) is 71.6 Å². The van der Waals surface area contributed by atoms with Gasteiger partial charge in [-0.2, -0.15) is 0 Å². The van der Waals surface area contributed by atoms with Crippen LogP contribution in [0.1, 0.15) is 20.8 Å². The van der Waals surface area contributed by atoms with Crippen LogP contribution >= 0.6 is 23.4 Å². The van der Waals surface area contributed by atoms with Crippen LogP contribution in [0.25, 0.3) is 0 Å². The molecule has 0 bridgehead atoms. The van der Waals surface area contributed by atoms with E-state index >= 15 is 0 Å². The zero-order valence-electron chi connectivity index (χ0n) is 15.0. The van der Waals surface area contributed by atoms with Crippen molar-refractivity contribution in [2.45, 2.75) is 48.8 Å². The van der Waals surface area contributed by atoms with Crippen LogP contribution in [0.3, 0.4) is 0 Å². The quantitative estimate of drug-likeness (QED) is 0.261. The average Bonchev–Trinajstić information content (AvgIpc) is 2.59. The number of alkyl halides is 2. The molecular weight excluding hydrogens is 350 g/mol. The summed E-state index contributed by atoms with van der Waals surface area (Å²) in [5, 5.41) is 0.00305. The van der Waals surface area contributed by atoms with Crippen LogP contribution in [-0.2, 0) is 0 Å². The maximum absolute atomic E-state index is 13.2. The normalized spacial score (nSPS) is 14.0. The van der Waals surface area contributed by atoms with E-state index in [4.69, 9.17) is 11.6 Å². The van der Waals surface area contributed by atoms with E-state index in [0.29, 0.717) is 5.25 Å². The highest BCUT2D eigenvalue weighted by Gasteiger charge is 2.18. The second-order valence-electron chi connectivity index (χ2n) is 6.48. The topological polar surface area (TPSA) is 0 Å². The fourth-order valence-corrected chi connectivity index (χ4v) is 3.64. The lowest BCUT2D eigenvalue weighted by molar-refractivity contribution is 0.369. The highest BCUT2D eigenvalue weighted by molar-refractivity contribution is 7.99. The predicted molar refractivity (Wildman–Crippen MR) is 113 cm³/mol. The van der Waals surface area contributed by atoms with E-state index in [1.807, 2.05) is 23.9 Å². The number of rotatable bonds is 8. The molecule has 2 aromatic carbocycles. The number of halogens is 2. The minimum Gasteiger partial charge on any atom is -0.246 e. The summed E-state index contributed by atoms with van der Waals surface area (Å²) >= 11 is 7.86. The lowest BCUT2D eigenvalue weighted by Crippen LogP contribution is -2.41. The van der Waals surface area contributed by atoms with Gasteiger partial charge in [-0.3, -0.25) is 0 Å². The summed E-state index contributed by atoms with van der Waals surface area (Å²) in [7, 11) is 0. The predicted octanol–water partition coefficient (Wildman–Crippen LogP) is 5.32. The van der Waals surface area contributed by atoms with Gasteiger partial charge in [0.05, 0.1) is 5.38 Å². The van der Waals surface area contributed by atoms with Crippen molar-refractivity contribution in [3.63, 3.8) is 0 Å². The molecule has 0 fully saturated rings. The number of hydrogen-bond donors (Lipinski definition) is 0. The van der Waals surface area contributed by atoms with Gasteiger partial charge in [0.25, 0.3) is 0 Å². The SMILES string of the molecule is CC(C)Sc1ccc(B(CC=CC(Cl)C(C)F)c2ccccc2)cc1. The molecule has 0 nitrogen and oxygen atoms in total. The molecular formula is C21H25BClFS. The minimum atomic E-state index is -1.04. The molecule has 2 rings (SSSR count). The van der Waals surface area contributed by atoms with Crippen LogP contribution in [0.4, 0.5) is 4.39 Å². The lowest BCUT2D eigenvalue weighted by Gasteiger charge is -2.14. The van der Waals surface area contributed by atoms with Gasteiger partial charge in [-0.15, -0.1) is 23.4 Å². The summed E-state index contributed by atoms with van der Waals surface area (Å²) in [4.78, 5) is 1.29. The average molecular weight is 375 g/mol. The van der Waals surface area contributed by atoms with Crippen LogP contribution in [-0.4, -0.2) is 23.5 Å². The Morgan fingerprint density at radius 2 is 1.60 bits per heavy atom. The van der Waals surface area contributed by atoms with Crippen LogP contribution in [0.2, 0.25) is 6.32 Å². The van der Waals surface area contributed by atoms with Crippen molar-refractivity contribution >= 4 is 41.0 Å². The molecule has 0 N–H and O–H groups in total. The van der Waals surface area contributed by atoms with Gasteiger partial charge in [-0.05, 0) is 25.4 Å². The summed E-state index contributed by atoms with van der Waals surface area (Å²) < 4.78 is 13.2. The van der Waals surface area contributed by atoms with Crippen LogP contribution < -0.4 is 10.9 Å². The zero-order valence-corrected chi connectivity index (χ0v) is 16.6. The third-order valence-electron chi connectivity index (χ3n) is 3.99. The Hall–Kier alpha value is -1.19. The first-order valence-electron chi connectivity index (χ1n) is 8.73. The van der Waals surface area contributed by atoms with Crippen LogP contribution in [0, 0.1) is 0 Å². The van der Waals surface area contributed by atoms with Gasteiger partial charge < -0.3 is 0 Å². The number of thioether (sulfide) groups is 1. The van der Waals surface area contributed by atoms with Crippen molar-refractivity contribution in [2.24, 2.45) is 0 Å². The molecule has 132 valence electrons. The molecule has 0 aliphatic carbocycles. The molecule has 2 unspecified atom stereocenters. The number of hydrogen-bond acceptors (Lipinski definition) is 1. The van der Waals surface area contributed by atoms with E-state index in [0.717, 1.165) is 6.32 Å². The molecule has 25 heavy (non-hydrogen) atoms. The minimum absolute atomic E-state index is 0.245. The van der Waals surface area contributed by atoms with E-state index in [2.05, 4.69) is 62.4 Å². The molecule has 0 amide bonds. The Morgan fingerprint density at radius 3 is 2.16 bits per heavy atom. The fourth-order valence-electron chi connectivity index (χ4n) is 2.70. The summed E-state index contributed by atoms with van der Waals surface area (Å²) in [5.41, 5.74) is 2.53. The van der Waals surface area contributed by atoms with E-state index in [9.17, 15) is 4.39 Å². The van der Waals surface area contributed by atoms with Gasteiger partial charge in [0.15, 0.2) is 0 Å². The molecule has 0 aromatic heterocycles. The smallest absolute Gasteiger partial charge is 0.213 e. The summed E-state index contributed by atoms with van der Waals surface area (Å²) in [6.45, 7) is 6.13. The first-order valence-corrected chi connectivity index (χ1v) is 10.1. The second-order valence-corrected chi connectivity index (χ2v) is 8.64. The summed E-state index contributed by atoms with van der Waals surface area (Å²) in [6, 6.07) is 19.2. The van der Waals surface area contributed by atoms with Gasteiger partial charge in [-0.25, -0.2) is 4.39 Å². The first-order chi connectivity index (χ1) is 12.0. The third kappa shape index (κ3) is 6.56. The van der Waals surface area contributed by atoms with Gasteiger partial charge in [0.1, 0.15) is 6.17 Å². The van der Waals surface area contributed by atoms with E-state index in [1.165, 1.54) is 22.7 Å².